The Morgan fingerprint density at radius 1 is 1.11 bits per heavy atom. The molecule has 0 radical (unpaired) electrons. The molecule has 0 spiro atoms. The van der Waals surface area contributed by atoms with Crippen LogP contribution in [-0.2, 0) is 20.7 Å². The maximum Gasteiger partial charge on any atom is 0.303 e. The molecule has 2 fully saturated rings. The Bertz CT molecular complexity index is 868. The first-order chi connectivity index (χ1) is 17.7. The SMILES string of the molecule is C/C(=C\c1ncc(CCCCCCCCC(=O)O)o1)C[C@@H]1OC[C@H](C[C@@H]2O[C@H]2[C@@H](C)[C@H](C)O)[C@@H](O)[C@H]1O. The molecular formula is C28H45NO8. The molecule has 3 heterocycles. The molecule has 9 heteroatoms. The van der Waals surface area contributed by atoms with E-state index >= 15 is 0 Å². The van der Waals surface area contributed by atoms with Gasteiger partial charge >= 0.3 is 5.97 Å². The van der Waals surface area contributed by atoms with Crippen LogP contribution in [0.15, 0.2) is 16.2 Å². The third-order valence-corrected chi connectivity index (χ3v) is 7.70. The Morgan fingerprint density at radius 2 is 1.81 bits per heavy atom. The average Bonchev–Trinajstić information content (AvgIpc) is 3.47. The lowest BCUT2D eigenvalue weighted by atomic mass is 9.85. The fourth-order valence-electron chi connectivity index (χ4n) is 5.09. The molecule has 9 nitrogen and oxygen atoms in total. The lowest BCUT2D eigenvalue weighted by molar-refractivity contribution is -0.165. The molecule has 0 aromatic carbocycles. The molecule has 1 aromatic heterocycles. The van der Waals surface area contributed by atoms with E-state index in [1.54, 1.807) is 13.1 Å². The Labute approximate surface area is 219 Å². The topological polar surface area (TPSA) is 146 Å². The maximum atomic E-state index is 10.7. The first kappa shape index (κ1) is 29.8. The van der Waals surface area contributed by atoms with Crippen LogP contribution in [0.2, 0.25) is 0 Å². The molecule has 2 saturated heterocycles. The molecule has 2 aliphatic heterocycles. The summed E-state index contributed by atoms with van der Waals surface area (Å²) in [5, 5.41) is 39.8. The second-order valence-electron chi connectivity index (χ2n) is 11.0. The minimum Gasteiger partial charge on any atom is -0.481 e. The number of aromatic nitrogens is 1. The number of carboxylic acids is 1. The lowest BCUT2D eigenvalue weighted by Gasteiger charge is -2.38. The van der Waals surface area contributed by atoms with Crippen LogP contribution in [0.4, 0.5) is 0 Å². The molecule has 1 aromatic rings. The zero-order valence-corrected chi connectivity index (χ0v) is 22.4. The molecule has 210 valence electrons. The molecule has 0 saturated carbocycles. The van der Waals surface area contributed by atoms with Crippen molar-refractivity contribution in [2.45, 2.75) is 122 Å². The van der Waals surface area contributed by atoms with Crippen molar-refractivity contribution in [3.05, 3.63) is 23.4 Å². The second-order valence-corrected chi connectivity index (χ2v) is 11.0. The molecule has 37 heavy (non-hydrogen) atoms. The third kappa shape index (κ3) is 9.48. The van der Waals surface area contributed by atoms with Gasteiger partial charge in [0.05, 0.1) is 43.3 Å². The number of carbonyl (C=O) groups is 1. The Kier molecular flexibility index (Phi) is 11.6. The van der Waals surface area contributed by atoms with E-state index in [1.165, 1.54) is 0 Å². The number of hydrogen-bond acceptors (Lipinski definition) is 8. The van der Waals surface area contributed by atoms with Crippen LogP contribution >= 0.6 is 0 Å². The van der Waals surface area contributed by atoms with E-state index < -0.39 is 30.4 Å². The number of nitrogens with zero attached hydrogens (tertiary/aromatic N) is 1. The highest BCUT2D eigenvalue weighted by Gasteiger charge is 2.48. The zero-order valence-electron chi connectivity index (χ0n) is 22.4. The number of aliphatic carboxylic acids is 1. The van der Waals surface area contributed by atoms with Gasteiger partial charge in [-0.3, -0.25) is 4.79 Å². The van der Waals surface area contributed by atoms with E-state index in [4.69, 9.17) is 19.0 Å². The van der Waals surface area contributed by atoms with Gasteiger partial charge < -0.3 is 34.3 Å². The molecule has 0 aliphatic carbocycles. The summed E-state index contributed by atoms with van der Waals surface area (Å²) in [6, 6.07) is 0. The molecule has 8 atom stereocenters. The van der Waals surface area contributed by atoms with Crippen LogP contribution in [0, 0.1) is 11.8 Å². The van der Waals surface area contributed by atoms with Crippen molar-refractivity contribution in [3.8, 4) is 0 Å². The quantitative estimate of drug-likeness (QED) is 0.188. The second kappa shape index (κ2) is 14.4. The number of carboxylic acid groups (broad SMARTS) is 1. The van der Waals surface area contributed by atoms with E-state index in [2.05, 4.69) is 4.98 Å². The van der Waals surface area contributed by atoms with E-state index in [-0.39, 0.29) is 30.5 Å². The number of rotatable bonds is 16. The van der Waals surface area contributed by atoms with Crippen molar-refractivity contribution in [1.29, 1.82) is 0 Å². The van der Waals surface area contributed by atoms with Gasteiger partial charge in [0.15, 0.2) is 0 Å². The lowest BCUT2D eigenvalue weighted by Crippen LogP contribution is -2.50. The number of aryl methyl sites for hydroxylation is 1. The highest BCUT2D eigenvalue weighted by atomic mass is 16.6. The van der Waals surface area contributed by atoms with Crippen LogP contribution in [0.3, 0.4) is 0 Å². The van der Waals surface area contributed by atoms with Gasteiger partial charge in [-0.15, -0.1) is 0 Å². The van der Waals surface area contributed by atoms with Gasteiger partial charge in [0, 0.05) is 24.7 Å². The summed E-state index contributed by atoms with van der Waals surface area (Å²) in [6.45, 7) is 6.00. The van der Waals surface area contributed by atoms with Crippen LogP contribution in [0.1, 0.15) is 90.2 Å². The third-order valence-electron chi connectivity index (χ3n) is 7.70. The summed E-state index contributed by atoms with van der Waals surface area (Å²) >= 11 is 0. The number of ether oxygens (including phenoxy) is 2. The Hall–Kier alpha value is -1.78. The zero-order chi connectivity index (χ0) is 26.9. The van der Waals surface area contributed by atoms with E-state index in [9.17, 15) is 20.1 Å². The van der Waals surface area contributed by atoms with Gasteiger partial charge in [0.25, 0.3) is 0 Å². The monoisotopic (exact) mass is 523 g/mol. The molecular weight excluding hydrogens is 478 g/mol. The molecule has 0 bridgehead atoms. The maximum absolute atomic E-state index is 10.7. The van der Waals surface area contributed by atoms with Crippen LogP contribution in [-0.4, -0.2) is 74.6 Å². The van der Waals surface area contributed by atoms with Crippen LogP contribution < -0.4 is 0 Å². The highest BCUT2D eigenvalue weighted by Crippen LogP contribution is 2.38. The van der Waals surface area contributed by atoms with Crippen molar-refractivity contribution >= 4 is 12.0 Å². The first-order valence-corrected chi connectivity index (χ1v) is 13.8. The van der Waals surface area contributed by atoms with Gasteiger partial charge in [-0.1, -0.05) is 38.2 Å². The number of hydrogen-bond donors (Lipinski definition) is 4. The van der Waals surface area contributed by atoms with Gasteiger partial charge in [0.1, 0.15) is 11.9 Å². The number of unbranched alkanes of at least 4 members (excludes halogenated alkanes) is 5. The van der Waals surface area contributed by atoms with Crippen molar-refractivity contribution in [3.63, 3.8) is 0 Å². The Balaban J connectivity index is 1.36. The normalized spacial score (nSPS) is 29.7. The number of epoxide rings is 1. The summed E-state index contributed by atoms with van der Waals surface area (Å²) in [5.41, 5.74) is 0.945. The molecule has 4 N–H and O–H groups in total. The average molecular weight is 524 g/mol. The molecule has 3 rings (SSSR count). The van der Waals surface area contributed by atoms with E-state index in [0.717, 1.165) is 56.3 Å². The van der Waals surface area contributed by atoms with Gasteiger partial charge in [-0.05, 0) is 45.6 Å². The fourth-order valence-corrected chi connectivity index (χ4v) is 5.09. The molecule has 2 aliphatic rings. The summed E-state index contributed by atoms with van der Waals surface area (Å²) in [4.78, 5) is 14.9. The summed E-state index contributed by atoms with van der Waals surface area (Å²) in [7, 11) is 0. The number of aliphatic hydroxyl groups excluding tert-OH is 3. The van der Waals surface area contributed by atoms with Crippen molar-refractivity contribution < 1.29 is 39.1 Å². The number of oxazole rings is 1. The van der Waals surface area contributed by atoms with Crippen molar-refractivity contribution in [2.24, 2.45) is 11.8 Å². The number of aliphatic hydroxyl groups is 3. The van der Waals surface area contributed by atoms with E-state index in [1.807, 2.05) is 19.9 Å². The smallest absolute Gasteiger partial charge is 0.303 e. The summed E-state index contributed by atoms with van der Waals surface area (Å²) in [5.74, 6) is 0.466. The van der Waals surface area contributed by atoms with Gasteiger partial charge in [0.2, 0.25) is 5.89 Å². The highest BCUT2D eigenvalue weighted by molar-refractivity contribution is 5.66. The van der Waals surface area contributed by atoms with E-state index in [0.29, 0.717) is 25.3 Å². The fraction of sp³-hybridized carbons (Fsp3) is 0.786. The van der Waals surface area contributed by atoms with Crippen LogP contribution in [0.5, 0.6) is 0 Å². The summed E-state index contributed by atoms with van der Waals surface area (Å²) in [6.07, 6.45) is 8.81. The van der Waals surface area contributed by atoms with Crippen LogP contribution in [0.25, 0.3) is 6.08 Å². The predicted molar refractivity (Wildman–Crippen MR) is 138 cm³/mol. The largest absolute Gasteiger partial charge is 0.481 e. The standard InChI is InChI=1S/C28H45NO8/c1-17(13-24-29-15-21(36-24)10-8-6-4-5-7-9-11-25(31)32)12-22-27(34)26(33)20(16-35-22)14-23-28(37-23)18(2)19(3)30/h13,15,18-20,22-23,26-28,30,33-34H,4-12,14,16H2,1-3H3,(H,31,32)/b17-13+/t18-,19-,20-,22-,23-,26+,27-,28-/m0/s1. The minimum absolute atomic E-state index is 0.00614. The summed E-state index contributed by atoms with van der Waals surface area (Å²) < 4.78 is 17.5. The van der Waals surface area contributed by atoms with Gasteiger partial charge in [-0.25, -0.2) is 4.98 Å². The van der Waals surface area contributed by atoms with Gasteiger partial charge in [-0.2, -0.15) is 0 Å². The molecule has 0 amide bonds. The van der Waals surface area contributed by atoms with Crippen molar-refractivity contribution in [2.75, 3.05) is 6.61 Å². The first-order valence-electron chi connectivity index (χ1n) is 13.8. The predicted octanol–water partition coefficient (Wildman–Crippen LogP) is 3.74. The molecule has 0 unspecified atom stereocenters. The minimum atomic E-state index is -0.988. The van der Waals surface area contributed by atoms with Crippen molar-refractivity contribution in [1.82, 2.24) is 4.98 Å². The Morgan fingerprint density at radius 3 is 2.51 bits per heavy atom.